The Labute approximate surface area is 678 Å². The highest BCUT2D eigenvalue weighted by atomic mass is 15.0. The molecule has 4 heteroatoms. The molecule has 118 heavy (non-hydrogen) atoms. The van der Waals surface area contributed by atoms with Crippen molar-refractivity contribution < 1.29 is 0 Å². The summed E-state index contributed by atoms with van der Waals surface area (Å²) in [6.45, 7) is 0. The summed E-state index contributed by atoms with van der Waals surface area (Å²) < 4.78 is 4.64. The van der Waals surface area contributed by atoms with Gasteiger partial charge in [-0.05, 0) is 307 Å². The zero-order chi connectivity index (χ0) is 77.8. The number of nitriles is 2. The predicted octanol–water partition coefficient (Wildman–Crippen LogP) is 30.9. The second-order valence-corrected chi connectivity index (χ2v) is 31.6. The number of rotatable bonds is 8. The van der Waals surface area contributed by atoms with Gasteiger partial charge >= 0.3 is 0 Å². The van der Waals surface area contributed by atoms with Gasteiger partial charge in [-0.2, -0.15) is 10.5 Å². The molecule has 25 rings (SSSR count). The molecule has 542 valence electrons. The van der Waals surface area contributed by atoms with E-state index in [2.05, 4.69) is 385 Å². The van der Waals surface area contributed by atoms with Gasteiger partial charge in [0.25, 0.3) is 0 Å². The number of aromatic nitrogens is 2. The van der Waals surface area contributed by atoms with Crippen LogP contribution in [0.25, 0.3) is 240 Å². The van der Waals surface area contributed by atoms with Crippen LogP contribution in [0.1, 0.15) is 11.1 Å². The van der Waals surface area contributed by atoms with Crippen LogP contribution in [0.3, 0.4) is 0 Å². The lowest BCUT2D eigenvalue weighted by Gasteiger charge is -2.17. The van der Waals surface area contributed by atoms with Crippen molar-refractivity contribution in [2.75, 3.05) is 0 Å². The first-order chi connectivity index (χ1) is 58.4. The van der Waals surface area contributed by atoms with Gasteiger partial charge in [0.2, 0.25) is 0 Å². The van der Waals surface area contributed by atoms with Gasteiger partial charge in [-0.25, -0.2) is 0 Å². The van der Waals surface area contributed by atoms with Crippen LogP contribution in [0.15, 0.2) is 400 Å². The highest BCUT2D eigenvalue weighted by Gasteiger charge is 2.24. The van der Waals surface area contributed by atoms with Crippen LogP contribution in [-0.4, -0.2) is 9.13 Å². The maximum atomic E-state index is 9.95. The Morgan fingerprint density at radius 1 is 0.161 bits per heavy atom. The van der Waals surface area contributed by atoms with Crippen LogP contribution < -0.4 is 0 Å². The third-order valence-electron chi connectivity index (χ3n) is 25.1. The summed E-state index contributed by atoms with van der Waals surface area (Å²) in [6.07, 6.45) is 0. The molecule has 23 aromatic carbocycles. The van der Waals surface area contributed by atoms with E-state index in [1.165, 1.54) is 190 Å². The molecule has 0 atom stereocenters. The number of hydrogen-bond donors (Lipinski definition) is 0. The van der Waals surface area contributed by atoms with Crippen molar-refractivity contribution in [3.8, 4) is 90.3 Å². The molecule has 0 radical (unpaired) electrons. The van der Waals surface area contributed by atoms with Gasteiger partial charge < -0.3 is 9.13 Å². The Kier molecular flexibility index (Phi) is 14.8. The molecule has 0 bridgehead atoms. The Balaban J connectivity index is 0.000000135. The van der Waals surface area contributed by atoms with E-state index in [1.54, 1.807) is 0 Å². The van der Waals surface area contributed by atoms with E-state index >= 15 is 0 Å². The summed E-state index contributed by atoms with van der Waals surface area (Å²) in [6, 6.07) is 151. The molecule has 0 fully saturated rings. The van der Waals surface area contributed by atoms with Gasteiger partial charge in [0.05, 0.1) is 45.3 Å². The minimum Gasteiger partial charge on any atom is -0.309 e. The lowest BCUT2D eigenvalue weighted by Crippen LogP contribution is -1.94. The van der Waals surface area contributed by atoms with Crippen molar-refractivity contribution in [3.63, 3.8) is 0 Å². The van der Waals surface area contributed by atoms with Gasteiger partial charge in [0, 0.05) is 32.9 Å². The SMILES string of the molecule is N#Cc1cc2ccc3cc(-c4ccc5cc(-c6cc7c8ccccc8c(-c8cccc9ccccc89)cc7c7ccccc67)ccc5c4)cc4c3c2c(c1)n4-c1ccccc1.N#Cc1cc2ccc3cc(-c4ccc5cc(-c6cc7c8ccccc8c(-c8ccccc8)cc7c7ccccc67)ccc5c4)cc4c3c2c(c1)n4-c1ccccc1. The monoisotopic (exact) mass is 1490 g/mol. The Bertz CT molecular complexity index is 8630. The van der Waals surface area contributed by atoms with E-state index in [0.29, 0.717) is 11.1 Å². The normalized spacial score (nSPS) is 11.9. The van der Waals surface area contributed by atoms with Crippen LogP contribution in [-0.2, 0) is 0 Å². The molecule has 25 aromatic rings. The van der Waals surface area contributed by atoms with Crippen LogP contribution in [0.2, 0.25) is 0 Å². The van der Waals surface area contributed by atoms with E-state index < -0.39 is 0 Å². The van der Waals surface area contributed by atoms with E-state index in [1.807, 2.05) is 36.4 Å². The van der Waals surface area contributed by atoms with Gasteiger partial charge in [-0.1, -0.05) is 279 Å². The van der Waals surface area contributed by atoms with Crippen LogP contribution in [0.5, 0.6) is 0 Å². The van der Waals surface area contributed by atoms with Crippen molar-refractivity contribution in [3.05, 3.63) is 412 Å². The quantitative estimate of drug-likeness (QED) is 0.142. The molecule has 0 aliphatic heterocycles. The van der Waals surface area contributed by atoms with E-state index in [0.717, 1.165) is 49.8 Å². The molecule has 0 saturated carbocycles. The standard InChI is InChI=1S/C59H34N2.C55H32N2/c60-35-36-27-42-25-26-43-31-44(32-57-59(43)58(42)56(28-36)61(57)45-13-2-1-3-14-45)40-22-21-39-30-41(24-23-38(39)29-40)52-33-54-51-19-9-8-18-50(51)53(34-55(54)49-17-7-6-16-48(49)52)47-20-10-12-37-11-4-5-15-46(37)47;56-33-34-25-40-23-24-41-29-42(30-53-55(41)54(40)52(26-34)57(53)43-13-5-2-6-14-43)38-20-19-37-28-39(22-21-36(37)27-38)49-32-51-46-17-9-7-15-44(46)48(35-11-3-1-4-12-35)31-50(51)47-18-10-8-16-45(47)49/h1-34H;1-32H. The molecular weight excluding hydrogens is 1430 g/mol. The Morgan fingerprint density at radius 3 is 0.873 bits per heavy atom. The molecule has 0 aliphatic carbocycles. The third-order valence-corrected chi connectivity index (χ3v) is 25.1. The molecule has 0 spiro atoms. The predicted molar refractivity (Wildman–Crippen MR) is 499 cm³/mol. The van der Waals surface area contributed by atoms with Gasteiger partial charge in [0.15, 0.2) is 0 Å². The number of nitrogens with zero attached hydrogens (tertiary/aromatic N) is 4. The van der Waals surface area contributed by atoms with Crippen molar-refractivity contribution in [2.24, 2.45) is 0 Å². The summed E-state index contributed by atoms with van der Waals surface area (Å²) >= 11 is 0. The summed E-state index contributed by atoms with van der Waals surface area (Å²) in [7, 11) is 0. The Morgan fingerprint density at radius 2 is 0.458 bits per heavy atom. The van der Waals surface area contributed by atoms with E-state index in [-0.39, 0.29) is 0 Å². The topological polar surface area (TPSA) is 57.4 Å². The first-order valence-corrected chi connectivity index (χ1v) is 40.4. The number of hydrogen-bond acceptors (Lipinski definition) is 2. The van der Waals surface area contributed by atoms with Crippen LogP contribution >= 0.6 is 0 Å². The summed E-state index contributed by atoms with van der Waals surface area (Å²) in [4.78, 5) is 0. The first kappa shape index (κ1) is 66.6. The maximum absolute atomic E-state index is 9.95. The second-order valence-electron chi connectivity index (χ2n) is 31.6. The lowest BCUT2D eigenvalue weighted by atomic mass is 9.86. The minimum absolute atomic E-state index is 0.667. The molecular formula is C114H66N4. The lowest BCUT2D eigenvalue weighted by molar-refractivity contribution is 1.18. The van der Waals surface area contributed by atoms with Gasteiger partial charge in [-0.15, -0.1) is 0 Å². The average molecular weight is 1490 g/mol. The molecule has 2 heterocycles. The third kappa shape index (κ3) is 10.4. The van der Waals surface area contributed by atoms with Crippen LogP contribution in [0, 0.1) is 22.7 Å². The van der Waals surface area contributed by atoms with Crippen LogP contribution in [0.4, 0.5) is 0 Å². The molecule has 0 saturated heterocycles. The molecule has 0 N–H and O–H groups in total. The molecule has 0 amide bonds. The Hall–Kier alpha value is -16.0. The minimum atomic E-state index is 0.667. The second kappa shape index (κ2) is 26.3. The molecule has 4 nitrogen and oxygen atoms in total. The van der Waals surface area contributed by atoms with E-state index in [9.17, 15) is 10.5 Å². The smallest absolute Gasteiger partial charge is 0.0992 e. The van der Waals surface area contributed by atoms with E-state index in [4.69, 9.17) is 0 Å². The first-order valence-electron chi connectivity index (χ1n) is 40.4. The maximum Gasteiger partial charge on any atom is 0.0992 e. The fraction of sp³-hybridized carbons (Fsp3) is 0. The van der Waals surface area contributed by atoms with Crippen molar-refractivity contribution >= 4 is 162 Å². The average Bonchev–Trinajstić information content (AvgIpc) is 1.50. The van der Waals surface area contributed by atoms with Gasteiger partial charge in [0.1, 0.15) is 0 Å². The fourth-order valence-corrected chi connectivity index (χ4v) is 19.8. The van der Waals surface area contributed by atoms with Crippen molar-refractivity contribution in [2.45, 2.75) is 0 Å². The van der Waals surface area contributed by atoms with Crippen molar-refractivity contribution in [1.82, 2.24) is 9.13 Å². The largest absolute Gasteiger partial charge is 0.309 e. The number of fused-ring (bicyclic) bond motifs is 13. The number of para-hydroxylation sites is 2. The summed E-state index contributed by atoms with van der Waals surface area (Å²) in [5.41, 5.74) is 22.5. The zero-order valence-electron chi connectivity index (χ0n) is 63.9. The fourth-order valence-electron chi connectivity index (χ4n) is 19.8. The summed E-state index contributed by atoms with van der Waals surface area (Å²) in [5, 5.41) is 51.8. The van der Waals surface area contributed by atoms with Gasteiger partial charge in [-0.3, -0.25) is 0 Å². The van der Waals surface area contributed by atoms with Crippen molar-refractivity contribution in [1.29, 1.82) is 10.5 Å². The molecule has 2 aromatic heterocycles. The summed E-state index contributed by atoms with van der Waals surface area (Å²) in [5.74, 6) is 0. The molecule has 0 aliphatic rings. The zero-order valence-corrected chi connectivity index (χ0v) is 63.9. The molecule has 0 unspecified atom stereocenters. The highest BCUT2D eigenvalue weighted by Crippen LogP contribution is 2.49. The highest BCUT2D eigenvalue weighted by molar-refractivity contribution is 6.29. The number of benzene rings is 23.